The van der Waals surface area contributed by atoms with Gasteiger partial charge >= 0.3 is 0 Å². The van der Waals surface area contributed by atoms with Gasteiger partial charge in [-0.3, -0.25) is 0 Å². The summed E-state index contributed by atoms with van der Waals surface area (Å²) in [5.41, 5.74) is 2.59. The van der Waals surface area contributed by atoms with Crippen molar-refractivity contribution in [2.45, 2.75) is 24.9 Å². The van der Waals surface area contributed by atoms with Crippen LogP contribution in [0.2, 0.25) is 0 Å². The second kappa shape index (κ2) is 3.59. The van der Waals surface area contributed by atoms with Crippen molar-refractivity contribution in [3.05, 3.63) is 48.0 Å². The summed E-state index contributed by atoms with van der Waals surface area (Å²) in [6.45, 7) is 0. The Bertz CT molecular complexity index is 362. The molecule has 2 aromatic heterocycles. The molecule has 2 unspecified atom stereocenters. The van der Waals surface area contributed by atoms with Crippen LogP contribution in [0.1, 0.15) is 36.3 Å². The Morgan fingerprint density at radius 2 is 1.40 bits per heavy atom. The van der Waals surface area contributed by atoms with Crippen LogP contribution >= 0.6 is 0 Å². The van der Waals surface area contributed by atoms with Gasteiger partial charge in [0.1, 0.15) is 0 Å². The Kier molecular flexibility index (Phi) is 2.10. The smallest absolute Gasteiger partial charge is 0.0478 e. The lowest BCUT2D eigenvalue weighted by atomic mass is 10.1. The number of aromatic amines is 2. The molecule has 78 valence electrons. The molecule has 0 spiro atoms. The van der Waals surface area contributed by atoms with Gasteiger partial charge in [0.05, 0.1) is 0 Å². The van der Waals surface area contributed by atoms with E-state index in [4.69, 9.17) is 0 Å². The Labute approximate surface area is 88.9 Å². The zero-order valence-electron chi connectivity index (χ0n) is 8.53. The lowest BCUT2D eigenvalue weighted by Gasteiger charge is -2.12. The quantitative estimate of drug-likeness (QED) is 0.686. The molecule has 3 rings (SSSR count). The second-order valence-corrected chi connectivity index (χ2v) is 4.10. The maximum Gasteiger partial charge on any atom is 0.0478 e. The number of aromatic nitrogens is 2. The standard InChI is InChI=1S/C12H15N3/c1-3-9(13-7-1)11-5-6-12(15-11)10-4-2-8-14-10/h1-4,7-8,11-15H,5-6H2. The maximum atomic E-state index is 3.63. The zero-order valence-corrected chi connectivity index (χ0v) is 8.53. The van der Waals surface area contributed by atoms with E-state index in [9.17, 15) is 0 Å². The number of hydrogen-bond donors (Lipinski definition) is 3. The minimum Gasteiger partial charge on any atom is -0.364 e. The van der Waals surface area contributed by atoms with E-state index in [0.717, 1.165) is 0 Å². The molecular weight excluding hydrogens is 186 g/mol. The van der Waals surface area contributed by atoms with Gasteiger partial charge < -0.3 is 15.3 Å². The Hall–Kier alpha value is -1.48. The average molecular weight is 201 g/mol. The first-order chi connectivity index (χ1) is 7.43. The normalized spacial score (nSPS) is 25.9. The molecule has 0 aliphatic carbocycles. The molecule has 3 nitrogen and oxygen atoms in total. The molecular formula is C12H15N3. The fraction of sp³-hybridized carbons (Fsp3) is 0.333. The lowest BCUT2D eigenvalue weighted by Crippen LogP contribution is -2.17. The third-order valence-corrected chi connectivity index (χ3v) is 3.14. The molecule has 2 aromatic rings. The Morgan fingerprint density at radius 3 is 1.80 bits per heavy atom. The van der Waals surface area contributed by atoms with Gasteiger partial charge in [0.15, 0.2) is 0 Å². The van der Waals surface area contributed by atoms with E-state index in [1.165, 1.54) is 24.2 Å². The Balaban J connectivity index is 1.74. The van der Waals surface area contributed by atoms with E-state index in [1.54, 1.807) is 0 Å². The topological polar surface area (TPSA) is 43.6 Å². The van der Waals surface area contributed by atoms with Gasteiger partial charge in [0.2, 0.25) is 0 Å². The van der Waals surface area contributed by atoms with Gasteiger partial charge in [0, 0.05) is 35.9 Å². The molecule has 0 amide bonds. The largest absolute Gasteiger partial charge is 0.364 e. The van der Waals surface area contributed by atoms with Gasteiger partial charge in [-0.1, -0.05) is 0 Å². The minimum atomic E-state index is 0.480. The minimum absolute atomic E-state index is 0.480. The molecule has 3 heterocycles. The van der Waals surface area contributed by atoms with E-state index in [2.05, 4.69) is 39.6 Å². The zero-order chi connectivity index (χ0) is 10.1. The monoisotopic (exact) mass is 201 g/mol. The summed E-state index contributed by atoms with van der Waals surface area (Å²) < 4.78 is 0. The third-order valence-electron chi connectivity index (χ3n) is 3.14. The summed E-state index contributed by atoms with van der Waals surface area (Å²) in [4.78, 5) is 6.54. The van der Waals surface area contributed by atoms with Crippen LogP contribution in [0.25, 0.3) is 0 Å². The highest BCUT2D eigenvalue weighted by Crippen LogP contribution is 2.32. The van der Waals surface area contributed by atoms with Crippen LogP contribution in [-0.4, -0.2) is 9.97 Å². The summed E-state index contributed by atoms with van der Waals surface area (Å²) in [5, 5.41) is 3.63. The van der Waals surface area contributed by atoms with Crippen LogP contribution in [0.4, 0.5) is 0 Å². The van der Waals surface area contributed by atoms with Crippen molar-refractivity contribution in [1.82, 2.24) is 15.3 Å². The van der Waals surface area contributed by atoms with E-state index in [-0.39, 0.29) is 0 Å². The van der Waals surface area contributed by atoms with Crippen molar-refractivity contribution < 1.29 is 0 Å². The highest BCUT2D eigenvalue weighted by Gasteiger charge is 2.26. The molecule has 0 aromatic carbocycles. The molecule has 3 N–H and O–H groups in total. The molecule has 1 saturated heterocycles. The van der Waals surface area contributed by atoms with Crippen molar-refractivity contribution >= 4 is 0 Å². The fourth-order valence-corrected chi connectivity index (χ4v) is 2.36. The number of rotatable bonds is 2. The van der Waals surface area contributed by atoms with Crippen LogP contribution in [0.3, 0.4) is 0 Å². The molecule has 1 fully saturated rings. The van der Waals surface area contributed by atoms with Crippen molar-refractivity contribution in [3.8, 4) is 0 Å². The predicted molar refractivity (Wildman–Crippen MR) is 59.4 cm³/mol. The number of H-pyrrole nitrogens is 2. The first kappa shape index (κ1) is 8.80. The maximum absolute atomic E-state index is 3.63. The highest BCUT2D eigenvalue weighted by atomic mass is 15.0. The summed E-state index contributed by atoms with van der Waals surface area (Å²) >= 11 is 0. The number of hydrogen-bond acceptors (Lipinski definition) is 1. The average Bonchev–Trinajstić information content (AvgIpc) is 3.02. The summed E-state index contributed by atoms with van der Waals surface area (Å²) in [6, 6.07) is 9.36. The first-order valence-electron chi connectivity index (χ1n) is 5.46. The van der Waals surface area contributed by atoms with Crippen LogP contribution in [0, 0.1) is 0 Å². The molecule has 0 saturated carbocycles. The molecule has 2 atom stereocenters. The lowest BCUT2D eigenvalue weighted by molar-refractivity contribution is 0.558. The van der Waals surface area contributed by atoms with Gasteiger partial charge in [-0.25, -0.2) is 0 Å². The van der Waals surface area contributed by atoms with Crippen molar-refractivity contribution in [2.75, 3.05) is 0 Å². The van der Waals surface area contributed by atoms with Gasteiger partial charge in [-0.05, 0) is 37.1 Å². The summed E-state index contributed by atoms with van der Waals surface area (Å²) in [6.07, 6.45) is 6.37. The van der Waals surface area contributed by atoms with Crippen LogP contribution < -0.4 is 5.32 Å². The predicted octanol–water partition coefficient (Wildman–Crippen LogP) is 2.51. The molecule has 1 aliphatic heterocycles. The van der Waals surface area contributed by atoms with Crippen LogP contribution in [-0.2, 0) is 0 Å². The van der Waals surface area contributed by atoms with Crippen LogP contribution in [0.15, 0.2) is 36.7 Å². The highest BCUT2D eigenvalue weighted by molar-refractivity contribution is 5.16. The third kappa shape index (κ3) is 1.59. The van der Waals surface area contributed by atoms with Crippen molar-refractivity contribution in [3.63, 3.8) is 0 Å². The van der Waals surface area contributed by atoms with Gasteiger partial charge in [-0.15, -0.1) is 0 Å². The van der Waals surface area contributed by atoms with Gasteiger partial charge in [0.25, 0.3) is 0 Å². The van der Waals surface area contributed by atoms with Crippen LogP contribution in [0.5, 0.6) is 0 Å². The molecule has 0 radical (unpaired) electrons. The SMILES string of the molecule is c1c[nH]c(C2CCC(c3ccc[nH]3)N2)c1. The summed E-state index contributed by atoms with van der Waals surface area (Å²) in [7, 11) is 0. The fourth-order valence-electron chi connectivity index (χ4n) is 2.36. The second-order valence-electron chi connectivity index (χ2n) is 4.10. The van der Waals surface area contributed by atoms with E-state index < -0.39 is 0 Å². The molecule has 1 aliphatic rings. The molecule has 0 bridgehead atoms. The Morgan fingerprint density at radius 1 is 0.867 bits per heavy atom. The molecule has 15 heavy (non-hydrogen) atoms. The first-order valence-corrected chi connectivity index (χ1v) is 5.46. The summed E-state index contributed by atoms with van der Waals surface area (Å²) in [5.74, 6) is 0. The number of nitrogens with one attached hydrogen (secondary N) is 3. The van der Waals surface area contributed by atoms with Crippen molar-refractivity contribution in [2.24, 2.45) is 0 Å². The van der Waals surface area contributed by atoms with Crippen molar-refractivity contribution in [1.29, 1.82) is 0 Å². The van der Waals surface area contributed by atoms with Gasteiger partial charge in [-0.2, -0.15) is 0 Å². The van der Waals surface area contributed by atoms with E-state index >= 15 is 0 Å². The molecule has 3 heteroatoms. The van der Waals surface area contributed by atoms with E-state index in [1.807, 2.05) is 12.4 Å². The van der Waals surface area contributed by atoms with E-state index in [0.29, 0.717) is 12.1 Å².